The third-order valence-electron chi connectivity index (χ3n) is 5.82. The van der Waals surface area contributed by atoms with Crippen LogP contribution in [0.2, 0.25) is 0 Å². The molecule has 1 aromatic carbocycles. The van der Waals surface area contributed by atoms with Crippen molar-refractivity contribution in [2.24, 2.45) is 4.99 Å². The number of sulfone groups is 1. The van der Waals surface area contributed by atoms with Gasteiger partial charge in [-0.1, -0.05) is 12.1 Å². The molecule has 9 heteroatoms. The quantitative estimate of drug-likeness (QED) is 0.357. The van der Waals surface area contributed by atoms with Gasteiger partial charge in [0.25, 0.3) is 5.91 Å². The van der Waals surface area contributed by atoms with Gasteiger partial charge in [0.05, 0.1) is 10.5 Å². The molecular formula is C21H33IN4O3S. The zero-order valence-electron chi connectivity index (χ0n) is 18.1. The molecule has 2 saturated heterocycles. The summed E-state index contributed by atoms with van der Waals surface area (Å²) in [6.45, 7) is 6.55. The van der Waals surface area contributed by atoms with Gasteiger partial charge in [-0.15, -0.1) is 24.0 Å². The molecule has 0 bridgehead atoms. The van der Waals surface area contributed by atoms with E-state index in [-0.39, 0.29) is 35.6 Å². The van der Waals surface area contributed by atoms with E-state index in [1.165, 1.54) is 6.42 Å². The molecule has 1 aromatic rings. The number of likely N-dealkylation sites (tertiary alicyclic amines) is 1. The fraction of sp³-hybridized carbons (Fsp3) is 0.619. The lowest BCUT2D eigenvalue weighted by Gasteiger charge is -2.39. The average Bonchev–Trinajstić information content (AvgIpc) is 2.71. The van der Waals surface area contributed by atoms with E-state index in [0.29, 0.717) is 31.2 Å². The van der Waals surface area contributed by atoms with E-state index in [9.17, 15) is 13.2 Å². The lowest BCUT2D eigenvalue weighted by atomic mass is 10.1. The fourth-order valence-electron chi connectivity index (χ4n) is 3.93. The van der Waals surface area contributed by atoms with Crippen LogP contribution in [0.1, 0.15) is 49.0 Å². The number of hydrogen-bond acceptors (Lipinski definition) is 4. The summed E-state index contributed by atoms with van der Waals surface area (Å²) in [6, 6.07) is 7.69. The van der Waals surface area contributed by atoms with Crippen LogP contribution in [0.15, 0.2) is 29.3 Å². The Bertz CT molecular complexity index is 880. The smallest absolute Gasteiger partial charge is 0.253 e. The molecular weight excluding hydrogens is 515 g/mol. The Hall–Kier alpha value is -1.36. The number of halogens is 1. The van der Waals surface area contributed by atoms with Gasteiger partial charge in [0.2, 0.25) is 0 Å². The molecule has 0 unspecified atom stereocenters. The van der Waals surface area contributed by atoms with E-state index < -0.39 is 14.6 Å². The van der Waals surface area contributed by atoms with Gasteiger partial charge in [0, 0.05) is 45.3 Å². The topological polar surface area (TPSA) is 82.1 Å². The Labute approximate surface area is 197 Å². The van der Waals surface area contributed by atoms with Crippen LogP contribution in [0.5, 0.6) is 0 Å². The first-order valence-electron chi connectivity index (χ1n) is 10.3. The first kappa shape index (κ1) is 24.9. The molecule has 0 aromatic heterocycles. The van der Waals surface area contributed by atoms with Crippen molar-refractivity contribution in [1.82, 2.24) is 15.1 Å². The summed E-state index contributed by atoms with van der Waals surface area (Å²) < 4.78 is 23.7. The van der Waals surface area contributed by atoms with Crippen molar-refractivity contribution >= 4 is 45.7 Å². The van der Waals surface area contributed by atoms with Gasteiger partial charge in [0.1, 0.15) is 0 Å². The van der Waals surface area contributed by atoms with Gasteiger partial charge in [-0.25, -0.2) is 8.42 Å². The Balaban J connectivity index is 0.00000320. The second-order valence-corrected chi connectivity index (χ2v) is 11.2. The summed E-state index contributed by atoms with van der Waals surface area (Å²) in [4.78, 5) is 21.0. The first-order chi connectivity index (χ1) is 13.7. The van der Waals surface area contributed by atoms with Gasteiger partial charge >= 0.3 is 0 Å². The van der Waals surface area contributed by atoms with E-state index in [4.69, 9.17) is 0 Å². The van der Waals surface area contributed by atoms with E-state index in [2.05, 4.69) is 10.3 Å². The maximum atomic E-state index is 12.7. The molecule has 0 saturated carbocycles. The molecule has 30 heavy (non-hydrogen) atoms. The third-order valence-corrected chi connectivity index (χ3v) is 8.36. The van der Waals surface area contributed by atoms with Crippen LogP contribution in [0.25, 0.3) is 0 Å². The highest BCUT2D eigenvalue weighted by Crippen LogP contribution is 2.23. The zero-order valence-corrected chi connectivity index (χ0v) is 21.2. The molecule has 0 atom stereocenters. The molecule has 2 fully saturated rings. The van der Waals surface area contributed by atoms with Crippen LogP contribution in [-0.2, 0) is 16.4 Å². The van der Waals surface area contributed by atoms with Crippen molar-refractivity contribution in [3.05, 3.63) is 35.4 Å². The van der Waals surface area contributed by atoms with Gasteiger partial charge in [-0.3, -0.25) is 9.79 Å². The van der Waals surface area contributed by atoms with Crippen molar-refractivity contribution in [1.29, 1.82) is 0 Å². The molecule has 1 N–H and O–H groups in total. The molecule has 1 amide bonds. The van der Waals surface area contributed by atoms with Crippen LogP contribution < -0.4 is 5.32 Å². The summed E-state index contributed by atoms with van der Waals surface area (Å²) in [5.74, 6) is 0.903. The number of piperidine rings is 1. The van der Waals surface area contributed by atoms with Crippen molar-refractivity contribution in [2.45, 2.75) is 44.4 Å². The Morgan fingerprint density at radius 2 is 1.83 bits per heavy atom. The minimum absolute atomic E-state index is 0. The maximum Gasteiger partial charge on any atom is 0.253 e. The van der Waals surface area contributed by atoms with Crippen molar-refractivity contribution in [3.8, 4) is 0 Å². The molecule has 7 nitrogen and oxygen atoms in total. The van der Waals surface area contributed by atoms with Crippen molar-refractivity contribution in [2.75, 3.05) is 39.0 Å². The molecule has 0 aliphatic carbocycles. The Kier molecular flexibility index (Phi) is 8.55. The molecule has 3 rings (SSSR count). The molecule has 2 heterocycles. The monoisotopic (exact) mass is 548 g/mol. The van der Waals surface area contributed by atoms with Crippen LogP contribution in [0.4, 0.5) is 0 Å². The predicted octanol–water partition coefficient (Wildman–Crippen LogP) is 2.52. The summed E-state index contributed by atoms with van der Waals surface area (Å²) in [5, 5.41) is 3.32. The molecule has 0 spiro atoms. The highest BCUT2D eigenvalue weighted by molar-refractivity contribution is 14.0. The van der Waals surface area contributed by atoms with E-state index >= 15 is 0 Å². The highest BCUT2D eigenvalue weighted by atomic mass is 127. The molecule has 0 radical (unpaired) electrons. The number of aliphatic imine (C=N–C) groups is 1. The fourth-order valence-corrected chi connectivity index (χ4v) is 5.30. The second-order valence-electron chi connectivity index (χ2n) is 8.45. The largest absolute Gasteiger partial charge is 0.352 e. The summed E-state index contributed by atoms with van der Waals surface area (Å²) in [7, 11) is -1.39. The van der Waals surface area contributed by atoms with Crippen molar-refractivity contribution < 1.29 is 13.2 Å². The van der Waals surface area contributed by atoms with Gasteiger partial charge < -0.3 is 15.1 Å². The number of hydrogen-bond donors (Lipinski definition) is 1. The first-order valence-corrected chi connectivity index (χ1v) is 11.9. The minimum atomic E-state index is -3.10. The van der Waals surface area contributed by atoms with Gasteiger partial charge in [0.15, 0.2) is 15.8 Å². The molecule has 2 aliphatic rings. The van der Waals surface area contributed by atoms with Gasteiger partial charge in [-0.05, 0) is 50.8 Å². The number of amides is 1. The van der Waals surface area contributed by atoms with Gasteiger partial charge in [-0.2, -0.15) is 0 Å². The number of nitrogens with one attached hydrogen (secondary N) is 1. The highest BCUT2D eigenvalue weighted by Gasteiger charge is 2.40. The number of carbonyl (C=O) groups excluding carboxylic acids is 1. The molecule has 2 aliphatic heterocycles. The van der Waals surface area contributed by atoms with Crippen molar-refractivity contribution in [3.63, 3.8) is 0 Å². The third kappa shape index (κ3) is 5.66. The van der Waals surface area contributed by atoms with Crippen LogP contribution in [0.3, 0.4) is 0 Å². The number of carbonyl (C=O) groups is 1. The normalized spacial score (nSPS) is 21.0. The standard InChI is InChI=1S/C21H32N4O3S.HI/c1-21(2)16-25(12-13-29(21,27)28)20(22-3)23-15-17-8-7-9-18(14-17)19(26)24-10-5-4-6-11-24;/h7-9,14H,4-6,10-13,15-16H2,1-3H3,(H,22,23);1H. The minimum Gasteiger partial charge on any atom is -0.352 e. The SMILES string of the molecule is CN=C(NCc1cccc(C(=O)N2CCCCC2)c1)N1CCS(=O)(=O)C(C)(C)C1.I. The lowest BCUT2D eigenvalue weighted by molar-refractivity contribution is 0.0724. The lowest BCUT2D eigenvalue weighted by Crippen LogP contribution is -2.57. The summed E-state index contributed by atoms with van der Waals surface area (Å²) in [5.41, 5.74) is 1.71. The predicted molar refractivity (Wildman–Crippen MR) is 131 cm³/mol. The number of benzene rings is 1. The number of guanidine groups is 1. The Morgan fingerprint density at radius 1 is 1.13 bits per heavy atom. The molecule has 168 valence electrons. The summed E-state index contributed by atoms with van der Waals surface area (Å²) in [6.07, 6.45) is 3.35. The number of nitrogens with zero attached hydrogens (tertiary/aromatic N) is 3. The second kappa shape index (κ2) is 10.3. The summed E-state index contributed by atoms with van der Waals surface area (Å²) >= 11 is 0. The van der Waals surface area contributed by atoms with Crippen LogP contribution >= 0.6 is 24.0 Å². The van der Waals surface area contributed by atoms with E-state index in [1.807, 2.05) is 34.1 Å². The maximum absolute atomic E-state index is 12.7. The Morgan fingerprint density at radius 3 is 2.47 bits per heavy atom. The zero-order chi connectivity index (χ0) is 21.1. The van der Waals surface area contributed by atoms with Crippen LogP contribution in [0, 0.1) is 0 Å². The van der Waals surface area contributed by atoms with E-state index in [1.54, 1.807) is 20.9 Å². The number of rotatable bonds is 3. The average molecular weight is 548 g/mol. The van der Waals surface area contributed by atoms with E-state index in [0.717, 1.165) is 31.5 Å². The van der Waals surface area contributed by atoms with Crippen LogP contribution in [-0.4, -0.2) is 73.8 Å².